The molecule has 1 heterocycles. The molecule has 0 radical (unpaired) electrons. The van der Waals surface area contributed by atoms with E-state index in [1.807, 2.05) is 0 Å². The Balaban J connectivity index is 2.39. The van der Waals surface area contributed by atoms with Crippen LogP contribution in [-0.2, 0) is 9.53 Å². The van der Waals surface area contributed by atoms with Gasteiger partial charge in [-0.2, -0.15) is 0 Å². The van der Waals surface area contributed by atoms with Gasteiger partial charge in [-0.1, -0.05) is 0 Å². The lowest BCUT2D eigenvalue weighted by Gasteiger charge is -2.04. The quantitative estimate of drug-likeness (QED) is 0.474. The first-order chi connectivity index (χ1) is 4.20. The van der Waals surface area contributed by atoms with Gasteiger partial charge >= 0.3 is 0 Å². The van der Waals surface area contributed by atoms with Crippen LogP contribution >= 0.6 is 0 Å². The minimum absolute atomic E-state index is 0.289. The Morgan fingerprint density at radius 1 is 1.56 bits per heavy atom. The molecule has 0 saturated carbocycles. The molecular weight excluding hydrogens is 120 g/mol. The Bertz CT molecular complexity index is 126. The Morgan fingerprint density at radius 2 is 2.22 bits per heavy atom. The van der Waals surface area contributed by atoms with Crippen LogP contribution in [0.1, 0.15) is 12.8 Å². The van der Waals surface area contributed by atoms with Crippen LogP contribution in [0.3, 0.4) is 0 Å². The molecule has 1 saturated heterocycles. The number of primary amides is 1. The molecule has 9 heavy (non-hydrogen) atoms. The summed E-state index contributed by atoms with van der Waals surface area (Å²) in [5.74, 6) is -0.414. The SMILES string of the molecule is NC(=O)C1CC[C@@H](N)O1. The summed E-state index contributed by atoms with van der Waals surface area (Å²) in [7, 11) is 0. The fraction of sp³-hybridized carbons (Fsp3) is 0.800. The maximum absolute atomic E-state index is 10.4. The van der Waals surface area contributed by atoms with Gasteiger partial charge in [0.05, 0.1) is 0 Å². The van der Waals surface area contributed by atoms with Crippen molar-refractivity contribution in [2.75, 3.05) is 0 Å². The van der Waals surface area contributed by atoms with Crippen molar-refractivity contribution in [3.63, 3.8) is 0 Å². The molecule has 1 rings (SSSR count). The number of rotatable bonds is 1. The first-order valence-electron chi connectivity index (χ1n) is 2.90. The standard InChI is InChI=1S/C5H10N2O2/c6-4-2-1-3(9-4)5(7)8/h3-4H,1-2,6H2,(H2,7,8)/t3?,4-/m0/s1. The molecule has 4 nitrogen and oxygen atoms in total. The highest BCUT2D eigenvalue weighted by Gasteiger charge is 2.26. The molecule has 0 aromatic rings. The summed E-state index contributed by atoms with van der Waals surface area (Å²) in [4.78, 5) is 10.4. The number of hydrogen-bond acceptors (Lipinski definition) is 3. The van der Waals surface area contributed by atoms with Crippen LogP contribution in [0.15, 0.2) is 0 Å². The lowest BCUT2D eigenvalue weighted by Crippen LogP contribution is -2.30. The number of carbonyl (C=O) groups excluding carboxylic acids is 1. The summed E-state index contributed by atoms with van der Waals surface area (Å²) < 4.78 is 4.93. The highest BCUT2D eigenvalue weighted by Crippen LogP contribution is 2.14. The molecule has 0 bridgehead atoms. The normalized spacial score (nSPS) is 34.8. The third kappa shape index (κ3) is 1.40. The van der Waals surface area contributed by atoms with Crippen molar-refractivity contribution in [2.45, 2.75) is 25.2 Å². The van der Waals surface area contributed by atoms with E-state index in [4.69, 9.17) is 16.2 Å². The third-order valence-corrected chi connectivity index (χ3v) is 1.37. The highest BCUT2D eigenvalue weighted by molar-refractivity contribution is 5.79. The molecule has 1 amide bonds. The average Bonchev–Trinajstić information content (AvgIpc) is 2.14. The molecule has 4 N–H and O–H groups in total. The van der Waals surface area contributed by atoms with Gasteiger partial charge in [0.2, 0.25) is 5.91 Å². The summed E-state index contributed by atoms with van der Waals surface area (Å²) in [6, 6.07) is 0. The fourth-order valence-electron chi connectivity index (χ4n) is 0.872. The second-order valence-corrected chi connectivity index (χ2v) is 2.14. The maximum atomic E-state index is 10.4. The molecule has 2 atom stereocenters. The molecular formula is C5H10N2O2. The molecule has 1 aliphatic heterocycles. The van der Waals surface area contributed by atoms with Crippen molar-refractivity contribution in [3.8, 4) is 0 Å². The van der Waals surface area contributed by atoms with E-state index in [9.17, 15) is 4.79 Å². The summed E-state index contributed by atoms with van der Waals surface area (Å²) >= 11 is 0. The van der Waals surface area contributed by atoms with Gasteiger partial charge in [-0.15, -0.1) is 0 Å². The second-order valence-electron chi connectivity index (χ2n) is 2.14. The van der Waals surface area contributed by atoms with Crippen LogP contribution in [0.2, 0.25) is 0 Å². The molecule has 0 spiro atoms. The molecule has 1 unspecified atom stereocenters. The van der Waals surface area contributed by atoms with Crippen LogP contribution in [0.5, 0.6) is 0 Å². The van der Waals surface area contributed by atoms with Gasteiger partial charge in [-0.05, 0) is 12.8 Å². The molecule has 52 valence electrons. The van der Waals surface area contributed by atoms with Crippen molar-refractivity contribution in [1.29, 1.82) is 0 Å². The summed E-state index contributed by atoms with van der Waals surface area (Å²) in [5.41, 5.74) is 10.3. The van der Waals surface area contributed by atoms with Crippen LogP contribution < -0.4 is 11.5 Å². The van der Waals surface area contributed by atoms with Gasteiger partial charge in [0.1, 0.15) is 12.3 Å². The van der Waals surface area contributed by atoms with Gasteiger partial charge in [0.25, 0.3) is 0 Å². The first-order valence-corrected chi connectivity index (χ1v) is 2.90. The fourth-order valence-corrected chi connectivity index (χ4v) is 0.872. The van der Waals surface area contributed by atoms with E-state index in [0.29, 0.717) is 6.42 Å². The first kappa shape index (κ1) is 6.51. The molecule has 0 aromatic carbocycles. The van der Waals surface area contributed by atoms with E-state index in [-0.39, 0.29) is 6.23 Å². The lowest BCUT2D eigenvalue weighted by atomic mass is 10.2. The van der Waals surface area contributed by atoms with E-state index in [1.54, 1.807) is 0 Å². The van der Waals surface area contributed by atoms with Crippen LogP contribution in [0.4, 0.5) is 0 Å². The van der Waals surface area contributed by atoms with Crippen molar-refractivity contribution in [3.05, 3.63) is 0 Å². The maximum Gasteiger partial charge on any atom is 0.246 e. The van der Waals surface area contributed by atoms with Crippen LogP contribution in [-0.4, -0.2) is 18.2 Å². The zero-order valence-electron chi connectivity index (χ0n) is 5.04. The Hall–Kier alpha value is -0.610. The van der Waals surface area contributed by atoms with Crippen molar-refractivity contribution >= 4 is 5.91 Å². The summed E-state index contributed by atoms with van der Waals surface area (Å²) in [6.07, 6.45) is 0.659. The zero-order chi connectivity index (χ0) is 6.85. The highest BCUT2D eigenvalue weighted by atomic mass is 16.5. The monoisotopic (exact) mass is 130 g/mol. The summed E-state index contributed by atoms with van der Waals surface area (Å²) in [5, 5.41) is 0. The summed E-state index contributed by atoms with van der Waals surface area (Å²) in [6.45, 7) is 0. The van der Waals surface area contributed by atoms with E-state index >= 15 is 0 Å². The number of ether oxygens (including phenoxy) is 1. The lowest BCUT2D eigenvalue weighted by molar-refractivity contribution is -0.128. The largest absolute Gasteiger partial charge is 0.367 e. The predicted molar refractivity (Wildman–Crippen MR) is 31.3 cm³/mol. The van der Waals surface area contributed by atoms with E-state index in [2.05, 4.69) is 0 Å². The van der Waals surface area contributed by atoms with Crippen LogP contribution in [0.25, 0.3) is 0 Å². The zero-order valence-corrected chi connectivity index (χ0v) is 5.04. The molecule has 1 aliphatic rings. The van der Waals surface area contributed by atoms with Gasteiger partial charge in [0.15, 0.2) is 0 Å². The van der Waals surface area contributed by atoms with Gasteiger partial charge in [-0.3, -0.25) is 4.79 Å². The predicted octanol–water partition coefficient (Wildman–Crippen LogP) is -1.06. The Morgan fingerprint density at radius 3 is 2.44 bits per heavy atom. The molecule has 4 heteroatoms. The van der Waals surface area contributed by atoms with Gasteiger partial charge in [-0.25, -0.2) is 0 Å². The smallest absolute Gasteiger partial charge is 0.246 e. The number of hydrogen-bond donors (Lipinski definition) is 2. The van der Waals surface area contributed by atoms with Crippen molar-refractivity contribution in [2.24, 2.45) is 11.5 Å². The number of amides is 1. The second kappa shape index (κ2) is 2.33. The van der Waals surface area contributed by atoms with Crippen molar-refractivity contribution < 1.29 is 9.53 Å². The van der Waals surface area contributed by atoms with E-state index in [0.717, 1.165) is 6.42 Å². The number of carbonyl (C=O) groups is 1. The number of nitrogens with two attached hydrogens (primary N) is 2. The Kier molecular flexibility index (Phi) is 1.68. The minimum Gasteiger partial charge on any atom is -0.367 e. The van der Waals surface area contributed by atoms with E-state index in [1.165, 1.54) is 0 Å². The van der Waals surface area contributed by atoms with Crippen LogP contribution in [0, 0.1) is 0 Å². The molecule has 0 aromatic heterocycles. The minimum atomic E-state index is -0.444. The topological polar surface area (TPSA) is 78.3 Å². The van der Waals surface area contributed by atoms with Gasteiger partial charge in [0, 0.05) is 0 Å². The molecule has 1 fully saturated rings. The van der Waals surface area contributed by atoms with E-state index < -0.39 is 12.0 Å². The van der Waals surface area contributed by atoms with Crippen molar-refractivity contribution in [1.82, 2.24) is 0 Å². The molecule has 0 aliphatic carbocycles. The Labute approximate surface area is 53.1 Å². The average molecular weight is 130 g/mol. The third-order valence-electron chi connectivity index (χ3n) is 1.37. The van der Waals surface area contributed by atoms with Gasteiger partial charge < -0.3 is 16.2 Å².